The molecule has 1 fully saturated rings. The number of rotatable bonds is 11. The van der Waals surface area contributed by atoms with Crippen molar-refractivity contribution in [2.75, 3.05) is 42.2 Å². The number of esters is 1. The third kappa shape index (κ3) is 6.18. The fraction of sp³-hybridized carbons (Fsp3) is 0.256. The lowest BCUT2D eigenvalue weighted by molar-refractivity contribution is -0.141. The molecule has 258 valence electrons. The average Bonchev–Trinajstić information content (AvgIpc) is 3.75. The molecule has 2 amide bonds. The molecule has 2 aliphatic heterocycles. The van der Waals surface area contributed by atoms with Gasteiger partial charge in [-0.15, -0.1) is 0 Å². The number of carbonyl (C=O) groups is 3. The quantitative estimate of drug-likeness (QED) is 0.170. The van der Waals surface area contributed by atoms with Gasteiger partial charge in [0.2, 0.25) is 5.91 Å². The van der Waals surface area contributed by atoms with Crippen molar-refractivity contribution in [3.63, 3.8) is 0 Å². The van der Waals surface area contributed by atoms with Crippen molar-refractivity contribution in [1.82, 2.24) is 4.90 Å². The Morgan fingerprint density at radius 3 is 1.84 bits per heavy atom. The highest BCUT2D eigenvalue weighted by atomic mass is 16.6. The van der Waals surface area contributed by atoms with Crippen molar-refractivity contribution in [1.29, 1.82) is 0 Å². The third-order valence-electron chi connectivity index (χ3n) is 9.00. The van der Waals surface area contributed by atoms with Crippen LogP contribution in [0.5, 0.6) is 23.0 Å². The fourth-order valence-electron chi connectivity index (χ4n) is 6.67. The Kier molecular flexibility index (Phi) is 9.94. The van der Waals surface area contributed by atoms with Crippen LogP contribution in [-0.2, 0) is 23.8 Å². The molecule has 2 aliphatic rings. The standard InChI is InChI=1S/C39H37NO10/c1-44-28-18-16-25(20-30(28)46-3)35-33(34(38(42)48-5)36(50-35)26-17-19-29(45-2)31(21-26)47-4)37(41)40-27(22-49-39(40)43)32(23-12-8-6-9-13-23)24-14-10-7-11-15-24/h6-21,27,32-33,35H,22H2,1-5H3/t27-,33-,35+/m1/s1. The maximum Gasteiger partial charge on any atom is 0.417 e. The normalized spacial score (nSPS) is 18.4. The Hall–Kier alpha value is -5.97. The summed E-state index contributed by atoms with van der Waals surface area (Å²) in [6.45, 7) is -0.0621. The van der Waals surface area contributed by atoms with Gasteiger partial charge in [0.1, 0.15) is 24.4 Å². The molecule has 2 heterocycles. The Morgan fingerprint density at radius 1 is 0.720 bits per heavy atom. The number of amides is 2. The number of ether oxygens (including phenoxy) is 7. The van der Waals surface area contributed by atoms with Gasteiger partial charge in [-0.1, -0.05) is 66.7 Å². The highest BCUT2D eigenvalue weighted by molar-refractivity contribution is 6.07. The largest absolute Gasteiger partial charge is 0.493 e. The predicted molar refractivity (Wildman–Crippen MR) is 182 cm³/mol. The predicted octanol–water partition coefficient (Wildman–Crippen LogP) is 6.17. The topological polar surface area (TPSA) is 119 Å². The third-order valence-corrected chi connectivity index (χ3v) is 9.00. The van der Waals surface area contributed by atoms with E-state index in [9.17, 15) is 9.59 Å². The number of benzene rings is 4. The molecule has 11 heteroatoms. The summed E-state index contributed by atoms with van der Waals surface area (Å²) < 4.78 is 39.5. The lowest BCUT2D eigenvalue weighted by Crippen LogP contribution is -2.47. The van der Waals surface area contributed by atoms with Crippen molar-refractivity contribution in [2.24, 2.45) is 5.92 Å². The molecular weight excluding hydrogens is 642 g/mol. The molecule has 3 atom stereocenters. The molecule has 1 saturated heterocycles. The summed E-state index contributed by atoms with van der Waals surface area (Å²) in [5, 5.41) is 0. The van der Waals surface area contributed by atoms with Gasteiger partial charge in [0, 0.05) is 11.5 Å². The fourth-order valence-corrected chi connectivity index (χ4v) is 6.67. The van der Waals surface area contributed by atoms with Gasteiger partial charge in [-0.3, -0.25) is 4.79 Å². The van der Waals surface area contributed by atoms with Crippen LogP contribution >= 0.6 is 0 Å². The maximum atomic E-state index is 15.1. The van der Waals surface area contributed by atoms with Crippen molar-refractivity contribution < 1.29 is 47.5 Å². The van der Waals surface area contributed by atoms with E-state index >= 15 is 4.79 Å². The van der Waals surface area contributed by atoms with Gasteiger partial charge in [0.25, 0.3) is 0 Å². The van der Waals surface area contributed by atoms with Crippen LogP contribution in [0.1, 0.15) is 34.3 Å². The second-order valence-corrected chi connectivity index (χ2v) is 11.6. The number of carbonyl (C=O) groups excluding carboxylic acids is 3. The van der Waals surface area contributed by atoms with Gasteiger partial charge >= 0.3 is 12.1 Å². The van der Waals surface area contributed by atoms with Crippen LogP contribution in [0.4, 0.5) is 4.79 Å². The van der Waals surface area contributed by atoms with E-state index in [0.29, 0.717) is 34.1 Å². The molecule has 0 unspecified atom stereocenters. The van der Waals surface area contributed by atoms with Crippen LogP contribution in [0.15, 0.2) is 103 Å². The van der Waals surface area contributed by atoms with Crippen LogP contribution in [0.25, 0.3) is 5.76 Å². The molecule has 4 aromatic rings. The van der Waals surface area contributed by atoms with Gasteiger partial charge in [-0.25, -0.2) is 14.5 Å². The number of cyclic esters (lactones) is 1. The number of nitrogens with zero attached hydrogens (tertiary/aromatic N) is 1. The molecule has 11 nitrogen and oxygen atoms in total. The van der Waals surface area contributed by atoms with E-state index < -0.39 is 42.0 Å². The minimum atomic E-state index is -1.34. The minimum absolute atomic E-state index is 0.0621. The first-order valence-corrected chi connectivity index (χ1v) is 15.9. The second kappa shape index (κ2) is 14.7. The molecule has 0 N–H and O–H groups in total. The van der Waals surface area contributed by atoms with Gasteiger partial charge in [0.15, 0.2) is 23.0 Å². The summed E-state index contributed by atoms with van der Waals surface area (Å²) in [5.41, 5.74) is 2.61. The first-order valence-electron chi connectivity index (χ1n) is 15.9. The summed E-state index contributed by atoms with van der Waals surface area (Å²) in [7, 11) is 7.22. The van der Waals surface area contributed by atoms with E-state index in [-0.39, 0.29) is 17.9 Å². The van der Waals surface area contributed by atoms with E-state index in [0.717, 1.165) is 16.0 Å². The SMILES string of the molecule is COC(=O)C1=C(c2ccc(OC)c(OC)c2)O[C@@H](c2ccc(OC)c(OC)c2)[C@@H]1C(=O)N1C(=O)OC[C@@H]1C(c1ccccc1)c1ccccc1. The van der Waals surface area contributed by atoms with E-state index in [1.807, 2.05) is 60.7 Å². The summed E-state index contributed by atoms with van der Waals surface area (Å²) in [6.07, 6.45) is -1.92. The molecule has 0 radical (unpaired) electrons. The number of methoxy groups -OCH3 is 5. The summed E-state index contributed by atoms with van der Waals surface area (Å²) in [5.74, 6) is -1.53. The van der Waals surface area contributed by atoms with Crippen LogP contribution in [0.3, 0.4) is 0 Å². The van der Waals surface area contributed by atoms with E-state index in [4.69, 9.17) is 33.2 Å². The average molecular weight is 680 g/mol. The van der Waals surface area contributed by atoms with Crippen molar-refractivity contribution in [3.05, 3.63) is 125 Å². The monoisotopic (exact) mass is 679 g/mol. The van der Waals surface area contributed by atoms with E-state index in [1.54, 1.807) is 36.4 Å². The molecule has 0 aromatic heterocycles. The molecule has 0 bridgehead atoms. The van der Waals surface area contributed by atoms with Crippen molar-refractivity contribution >= 4 is 23.7 Å². The Bertz CT molecular complexity index is 1870. The van der Waals surface area contributed by atoms with E-state index in [1.165, 1.54) is 35.5 Å². The zero-order chi connectivity index (χ0) is 35.4. The molecule has 0 saturated carbocycles. The number of imide groups is 1. The van der Waals surface area contributed by atoms with E-state index in [2.05, 4.69) is 0 Å². The van der Waals surface area contributed by atoms with Crippen LogP contribution in [-0.4, -0.2) is 71.1 Å². The Labute approximate surface area is 289 Å². The van der Waals surface area contributed by atoms with Crippen molar-refractivity contribution in [3.8, 4) is 23.0 Å². The first-order chi connectivity index (χ1) is 24.3. The molecular formula is C39H37NO10. The zero-order valence-electron chi connectivity index (χ0n) is 28.3. The van der Waals surface area contributed by atoms with Gasteiger partial charge < -0.3 is 33.2 Å². The molecule has 50 heavy (non-hydrogen) atoms. The second-order valence-electron chi connectivity index (χ2n) is 11.6. The molecule has 0 spiro atoms. The van der Waals surface area contributed by atoms with Gasteiger partial charge in [0.05, 0.1) is 47.2 Å². The minimum Gasteiger partial charge on any atom is -0.493 e. The molecule has 4 aromatic carbocycles. The Balaban J connectivity index is 1.53. The lowest BCUT2D eigenvalue weighted by atomic mass is 9.83. The van der Waals surface area contributed by atoms with Crippen LogP contribution < -0.4 is 18.9 Å². The van der Waals surface area contributed by atoms with Crippen molar-refractivity contribution in [2.45, 2.75) is 18.1 Å². The highest BCUT2D eigenvalue weighted by Gasteiger charge is 2.53. The smallest absolute Gasteiger partial charge is 0.417 e. The molecule has 0 aliphatic carbocycles. The summed E-state index contributed by atoms with van der Waals surface area (Å²) >= 11 is 0. The number of hydrogen-bond donors (Lipinski definition) is 0. The number of hydrogen-bond acceptors (Lipinski definition) is 10. The molecule has 6 rings (SSSR count). The maximum absolute atomic E-state index is 15.1. The van der Waals surface area contributed by atoms with Crippen LogP contribution in [0.2, 0.25) is 0 Å². The first kappa shape index (κ1) is 33.9. The lowest BCUT2D eigenvalue weighted by Gasteiger charge is -2.31. The highest BCUT2D eigenvalue weighted by Crippen LogP contribution is 2.50. The zero-order valence-corrected chi connectivity index (χ0v) is 28.3. The summed E-state index contributed by atoms with van der Waals surface area (Å²) in [6, 6.07) is 28.5. The van der Waals surface area contributed by atoms with Gasteiger partial charge in [-0.05, 0) is 47.0 Å². The van der Waals surface area contributed by atoms with Gasteiger partial charge in [-0.2, -0.15) is 0 Å². The Morgan fingerprint density at radius 2 is 1.28 bits per heavy atom. The summed E-state index contributed by atoms with van der Waals surface area (Å²) in [4.78, 5) is 43.7. The van der Waals surface area contributed by atoms with Crippen LogP contribution in [0, 0.1) is 5.92 Å².